The Bertz CT molecular complexity index is 675. The predicted octanol–water partition coefficient (Wildman–Crippen LogP) is 2.08. The maximum atomic E-state index is 13.2. The normalized spacial score (nSPS) is 28.3. The highest BCUT2D eigenvalue weighted by atomic mass is 31.2. The summed E-state index contributed by atoms with van der Waals surface area (Å²) in [6.07, 6.45) is 2.26. The van der Waals surface area contributed by atoms with E-state index in [1.54, 1.807) is 13.8 Å². The number of piperazine rings is 1. The highest BCUT2D eigenvalue weighted by molar-refractivity contribution is 7.48. The van der Waals surface area contributed by atoms with Crippen molar-refractivity contribution in [3.63, 3.8) is 0 Å². The van der Waals surface area contributed by atoms with Crippen LogP contribution in [0.5, 0.6) is 0 Å². The van der Waals surface area contributed by atoms with E-state index in [9.17, 15) is 14.2 Å². The SMILES string of the molecule is CCOP(=O)(OCC)OCCCCOC(=O)C1C2CCC(O2)C1C(=O)N1CCN(C)CC1. The van der Waals surface area contributed by atoms with Gasteiger partial charge in [0.05, 0.1) is 50.5 Å². The smallest absolute Gasteiger partial charge is 0.465 e. The molecule has 0 aromatic rings. The standard InChI is InChI=1S/C21H37N2O8P/c1-4-28-32(26,29-5-2)30-15-7-6-14-27-21(25)19-17-9-8-16(31-17)18(19)20(24)23-12-10-22(3)11-13-23/h16-19H,4-15H2,1-3H3. The van der Waals surface area contributed by atoms with E-state index in [1.165, 1.54) is 0 Å². The Balaban J connectivity index is 1.43. The van der Waals surface area contributed by atoms with E-state index in [1.807, 2.05) is 11.9 Å². The van der Waals surface area contributed by atoms with E-state index in [2.05, 4.69) is 4.90 Å². The molecule has 11 heteroatoms. The summed E-state index contributed by atoms with van der Waals surface area (Å²) in [7, 11) is -1.48. The van der Waals surface area contributed by atoms with Crippen molar-refractivity contribution in [1.29, 1.82) is 0 Å². The third kappa shape index (κ3) is 6.30. The number of fused-ring (bicyclic) bond motifs is 2. The fraction of sp³-hybridized carbons (Fsp3) is 0.905. The average molecular weight is 477 g/mol. The van der Waals surface area contributed by atoms with Crippen molar-refractivity contribution in [2.24, 2.45) is 11.8 Å². The van der Waals surface area contributed by atoms with Gasteiger partial charge in [-0.25, -0.2) is 4.57 Å². The van der Waals surface area contributed by atoms with E-state index in [4.69, 9.17) is 23.0 Å². The second kappa shape index (κ2) is 11.9. The zero-order valence-electron chi connectivity index (χ0n) is 19.4. The molecule has 10 nitrogen and oxygen atoms in total. The fourth-order valence-corrected chi connectivity index (χ4v) is 5.81. The topological polar surface area (TPSA) is 104 Å². The molecular weight excluding hydrogens is 439 g/mol. The van der Waals surface area contributed by atoms with E-state index in [0.717, 1.165) is 25.9 Å². The number of carbonyl (C=O) groups is 2. The van der Waals surface area contributed by atoms with Crippen molar-refractivity contribution in [2.45, 2.75) is 51.7 Å². The molecule has 4 unspecified atom stereocenters. The Labute approximate surface area is 190 Å². The minimum Gasteiger partial charge on any atom is -0.465 e. The van der Waals surface area contributed by atoms with Gasteiger partial charge < -0.3 is 19.3 Å². The second-order valence-corrected chi connectivity index (χ2v) is 10.1. The van der Waals surface area contributed by atoms with Crippen LogP contribution >= 0.6 is 7.82 Å². The van der Waals surface area contributed by atoms with Gasteiger partial charge in [-0.3, -0.25) is 23.2 Å². The van der Waals surface area contributed by atoms with Crippen LogP contribution in [0, 0.1) is 11.8 Å². The number of nitrogens with zero attached hydrogens (tertiary/aromatic N) is 2. The zero-order chi connectivity index (χ0) is 23.1. The Morgan fingerprint density at radius 3 is 2.12 bits per heavy atom. The lowest BCUT2D eigenvalue weighted by molar-refractivity contribution is -0.156. The molecule has 2 bridgehead atoms. The molecule has 3 heterocycles. The first-order chi connectivity index (χ1) is 15.4. The summed E-state index contributed by atoms with van der Waals surface area (Å²) in [6.45, 7) is 7.31. The first-order valence-corrected chi connectivity index (χ1v) is 13.2. The van der Waals surface area contributed by atoms with Gasteiger partial charge in [-0.2, -0.15) is 0 Å². The number of esters is 1. The van der Waals surface area contributed by atoms with E-state index >= 15 is 0 Å². The number of phosphoric acid groups is 1. The molecule has 4 atom stereocenters. The molecule has 32 heavy (non-hydrogen) atoms. The van der Waals surface area contributed by atoms with Gasteiger partial charge in [0.25, 0.3) is 0 Å². The van der Waals surface area contributed by atoms with Crippen LogP contribution in [0.2, 0.25) is 0 Å². The van der Waals surface area contributed by atoms with Crippen molar-refractivity contribution >= 4 is 19.7 Å². The highest BCUT2D eigenvalue weighted by Crippen LogP contribution is 2.49. The van der Waals surface area contributed by atoms with Crippen molar-refractivity contribution in [3.05, 3.63) is 0 Å². The first kappa shape index (κ1) is 25.6. The zero-order valence-corrected chi connectivity index (χ0v) is 20.3. The van der Waals surface area contributed by atoms with E-state index in [-0.39, 0.29) is 50.5 Å². The first-order valence-electron chi connectivity index (χ1n) is 11.7. The van der Waals surface area contributed by atoms with Gasteiger partial charge in [0.2, 0.25) is 5.91 Å². The van der Waals surface area contributed by atoms with Gasteiger partial charge in [-0.15, -0.1) is 0 Å². The molecular formula is C21H37N2O8P. The van der Waals surface area contributed by atoms with Crippen LogP contribution in [0.25, 0.3) is 0 Å². The highest BCUT2D eigenvalue weighted by Gasteiger charge is 2.56. The number of amides is 1. The van der Waals surface area contributed by atoms with Crippen LogP contribution in [0.15, 0.2) is 0 Å². The summed E-state index contributed by atoms with van der Waals surface area (Å²) >= 11 is 0. The Hall–Kier alpha value is -1.03. The number of rotatable bonds is 12. The molecule has 0 spiro atoms. The second-order valence-electron chi connectivity index (χ2n) is 8.46. The molecule has 3 aliphatic rings. The van der Waals surface area contributed by atoms with E-state index < -0.39 is 19.7 Å². The molecule has 3 aliphatic heterocycles. The summed E-state index contributed by atoms with van der Waals surface area (Å²) in [5.74, 6) is -1.33. The van der Waals surface area contributed by atoms with Crippen molar-refractivity contribution in [3.8, 4) is 0 Å². The van der Waals surface area contributed by atoms with Crippen LogP contribution in [0.1, 0.15) is 39.5 Å². The third-order valence-corrected chi connectivity index (χ3v) is 7.90. The summed E-state index contributed by atoms with van der Waals surface area (Å²) in [4.78, 5) is 30.1. The van der Waals surface area contributed by atoms with E-state index in [0.29, 0.717) is 25.9 Å². The number of carbonyl (C=O) groups excluding carboxylic acids is 2. The minimum atomic E-state index is -3.52. The summed E-state index contributed by atoms with van der Waals surface area (Å²) in [5.41, 5.74) is 0. The minimum absolute atomic E-state index is 0.0169. The molecule has 0 radical (unpaired) electrons. The molecule has 0 saturated carbocycles. The number of hydrogen-bond acceptors (Lipinski definition) is 9. The van der Waals surface area contributed by atoms with Crippen molar-refractivity contribution < 1.29 is 37.2 Å². The molecule has 3 fully saturated rings. The van der Waals surface area contributed by atoms with Crippen molar-refractivity contribution in [2.75, 3.05) is 59.7 Å². The number of hydrogen-bond donors (Lipinski definition) is 0. The maximum absolute atomic E-state index is 13.2. The van der Waals surface area contributed by atoms with Crippen LogP contribution in [0.4, 0.5) is 0 Å². The van der Waals surface area contributed by atoms with Crippen molar-refractivity contribution in [1.82, 2.24) is 9.80 Å². The van der Waals surface area contributed by atoms with Gasteiger partial charge >= 0.3 is 13.8 Å². The van der Waals surface area contributed by atoms with Crippen LogP contribution < -0.4 is 0 Å². The van der Waals surface area contributed by atoms with Crippen LogP contribution in [-0.4, -0.2) is 93.5 Å². The lowest BCUT2D eigenvalue weighted by atomic mass is 9.78. The molecule has 3 rings (SSSR count). The predicted molar refractivity (Wildman–Crippen MR) is 116 cm³/mol. The lowest BCUT2D eigenvalue weighted by Gasteiger charge is -2.36. The number of likely N-dealkylation sites (N-methyl/N-ethyl adjacent to an activating group) is 1. The Morgan fingerprint density at radius 1 is 0.906 bits per heavy atom. The van der Waals surface area contributed by atoms with Crippen LogP contribution in [-0.2, 0) is 37.2 Å². The lowest BCUT2D eigenvalue weighted by Crippen LogP contribution is -2.52. The average Bonchev–Trinajstić information content (AvgIpc) is 3.38. The molecule has 184 valence electrons. The van der Waals surface area contributed by atoms with Gasteiger partial charge in [-0.1, -0.05) is 0 Å². The number of unbranched alkanes of at least 4 members (excludes halogenated alkanes) is 1. The molecule has 0 aromatic heterocycles. The summed E-state index contributed by atoms with van der Waals surface area (Å²) < 4.78 is 39.1. The molecule has 1 amide bonds. The Kier molecular flexibility index (Phi) is 9.52. The van der Waals surface area contributed by atoms with Gasteiger partial charge in [0.15, 0.2) is 0 Å². The third-order valence-electron chi connectivity index (χ3n) is 6.25. The van der Waals surface area contributed by atoms with Gasteiger partial charge in [0.1, 0.15) is 0 Å². The monoisotopic (exact) mass is 476 g/mol. The van der Waals surface area contributed by atoms with Gasteiger partial charge in [-0.05, 0) is 46.6 Å². The van der Waals surface area contributed by atoms with Gasteiger partial charge in [0, 0.05) is 26.2 Å². The largest absolute Gasteiger partial charge is 0.474 e. The summed E-state index contributed by atoms with van der Waals surface area (Å²) in [6, 6.07) is 0. The Morgan fingerprint density at radius 2 is 1.50 bits per heavy atom. The fourth-order valence-electron chi connectivity index (χ4n) is 4.61. The number of ether oxygens (including phenoxy) is 2. The summed E-state index contributed by atoms with van der Waals surface area (Å²) in [5, 5.41) is 0. The number of phosphoric ester groups is 1. The van der Waals surface area contributed by atoms with Crippen LogP contribution in [0.3, 0.4) is 0 Å². The quantitative estimate of drug-likeness (QED) is 0.238. The molecule has 0 aliphatic carbocycles. The molecule has 0 N–H and O–H groups in total. The maximum Gasteiger partial charge on any atom is 0.474 e. The molecule has 3 saturated heterocycles. The molecule has 0 aromatic carbocycles.